The summed E-state index contributed by atoms with van der Waals surface area (Å²) in [5.74, 6) is -0.354. The van der Waals surface area contributed by atoms with Gasteiger partial charge in [0.2, 0.25) is 0 Å². The van der Waals surface area contributed by atoms with E-state index in [1.807, 2.05) is 6.92 Å². The molecule has 1 N–H and O–H groups in total. The van der Waals surface area contributed by atoms with E-state index in [0.29, 0.717) is 15.5 Å². The molecule has 0 radical (unpaired) electrons. The van der Waals surface area contributed by atoms with Gasteiger partial charge in [0.25, 0.3) is 0 Å². The maximum absolute atomic E-state index is 13.1. The fourth-order valence-corrected chi connectivity index (χ4v) is 2.71. The van der Waals surface area contributed by atoms with Crippen LogP contribution in [0.25, 0.3) is 0 Å². The zero-order valence-corrected chi connectivity index (χ0v) is 10.1. The van der Waals surface area contributed by atoms with Crippen LogP contribution in [0.1, 0.15) is 22.1 Å². The highest BCUT2D eigenvalue weighted by atomic mass is 35.5. The first-order valence-corrected chi connectivity index (χ1v) is 6.02. The molecule has 4 heteroatoms. The Kier molecular flexibility index (Phi) is 3.28. The summed E-state index contributed by atoms with van der Waals surface area (Å²) in [5, 5.41) is 12.4. The summed E-state index contributed by atoms with van der Waals surface area (Å²) >= 11 is 7.30. The number of halogens is 2. The molecule has 0 aliphatic heterocycles. The van der Waals surface area contributed by atoms with Crippen LogP contribution in [0, 0.1) is 12.7 Å². The van der Waals surface area contributed by atoms with Crippen molar-refractivity contribution in [2.45, 2.75) is 13.0 Å². The van der Waals surface area contributed by atoms with Crippen LogP contribution in [0.5, 0.6) is 0 Å². The van der Waals surface area contributed by atoms with E-state index >= 15 is 0 Å². The summed E-state index contributed by atoms with van der Waals surface area (Å²) in [7, 11) is 0. The van der Waals surface area contributed by atoms with Crippen molar-refractivity contribution in [2.75, 3.05) is 0 Å². The summed E-state index contributed by atoms with van der Waals surface area (Å²) < 4.78 is 13.1. The Morgan fingerprint density at radius 1 is 1.38 bits per heavy atom. The van der Waals surface area contributed by atoms with E-state index in [9.17, 15) is 9.50 Å². The second-order valence-electron chi connectivity index (χ2n) is 3.54. The maximum Gasteiger partial charge on any atom is 0.123 e. The molecule has 0 saturated carbocycles. The van der Waals surface area contributed by atoms with Gasteiger partial charge in [-0.1, -0.05) is 17.7 Å². The number of hydrogen-bond acceptors (Lipinski definition) is 2. The Balaban J connectivity index is 2.45. The largest absolute Gasteiger partial charge is 0.383 e. The lowest BCUT2D eigenvalue weighted by atomic mass is 10.0. The van der Waals surface area contributed by atoms with Crippen molar-refractivity contribution >= 4 is 22.9 Å². The first-order chi connectivity index (χ1) is 7.59. The van der Waals surface area contributed by atoms with E-state index in [0.717, 1.165) is 5.56 Å². The van der Waals surface area contributed by atoms with Gasteiger partial charge in [-0.15, -0.1) is 11.3 Å². The molecule has 0 bridgehead atoms. The zero-order valence-electron chi connectivity index (χ0n) is 8.58. The van der Waals surface area contributed by atoms with Crippen molar-refractivity contribution in [3.8, 4) is 0 Å². The SMILES string of the molecule is Cc1ccc(F)cc1C(O)c1sccc1Cl. The molecular formula is C12H10ClFOS. The number of rotatable bonds is 2. The maximum atomic E-state index is 13.1. The average molecular weight is 257 g/mol. The Bertz CT molecular complexity index is 509. The molecule has 0 amide bonds. The van der Waals surface area contributed by atoms with Crippen LogP contribution >= 0.6 is 22.9 Å². The van der Waals surface area contributed by atoms with Gasteiger partial charge in [0, 0.05) is 0 Å². The molecule has 16 heavy (non-hydrogen) atoms. The Morgan fingerprint density at radius 2 is 2.12 bits per heavy atom. The molecule has 1 unspecified atom stereocenters. The van der Waals surface area contributed by atoms with Gasteiger partial charge in [0.05, 0.1) is 9.90 Å². The molecule has 0 aliphatic rings. The molecule has 1 heterocycles. The van der Waals surface area contributed by atoms with Crippen molar-refractivity contribution < 1.29 is 9.50 Å². The van der Waals surface area contributed by atoms with E-state index in [2.05, 4.69) is 0 Å². The highest BCUT2D eigenvalue weighted by Crippen LogP contribution is 2.34. The molecule has 1 nitrogen and oxygen atoms in total. The molecule has 2 aromatic rings. The van der Waals surface area contributed by atoms with Crippen LogP contribution in [-0.2, 0) is 0 Å². The van der Waals surface area contributed by atoms with E-state index < -0.39 is 6.10 Å². The Hall–Kier alpha value is -0.900. The third kappa shape index (κ3) is 2.12. The minimum atomic E-state index is -0.858. The lowest BCUT2D eigenvalue weighted by Crippen LogP contribution is -2.01. The van der Waals surface area contributed by atoms with E-state index in [1.165, 1.54) is 23.5 Å². The summed E-state index contributed by atoms with van der Waals surface area (Å²) in [6, 6.07) is 6.09. The minimum Gasteiger partial charge on any atom is -0.383 e. The summed E-state index contributed by atoms with van der Waals surface area (Å²) in [6.45, 7) is 1.83. The Morgan fingerprint density at radius 3 is 2.75 bits per heavy atom. The number of aliphatic hydroxyl groups is 1. The van der Waals surface area contributed by atoms with Crippen LogP contribution in [0.3, 0.4) is 0 Å². The highest BCUT2D eigenvalue weighted by Gasteiger charge is 2.17. The van der Waals surface area contributed by atoms with Gasteiger partial charge >= 0.3 is 0 Å². The average Bonchev–Trinajstić information content (AvgIpc) is 2.67. The van der Waals surface area contributed by atoms with Gasteiger partial charge in [0.1, 0.15) is 11.9 Å². The summed E-state index contributed by atoms with van der Waals surface area (Å²) in [6.07, 6.45) is -0.858. The number of thiophene rings is 1. The fourth-order valence-electron chi connectivity index (χ4n) is 1.55. The summed E-state index contributed by atoms with van der Waals surface area (Å²) in [4.78, 5) is 0.648. The second-order valence-corrected chi connectivity index (χ2v) is 4.89. The molecule has 0 fully saturated rings. The van der Waals surface area contributed by atoms with Crippen molar-refractivity contribution in [1.82, 2.24) is 0 Å². The van der Waals surface area contributed by atoms with Gasteiger partial charge < -0.3 is 5.11 Å². The highest BCUT2D eigenvalue weighted by molar-refractivity contribution is 7.10. The standard InChI is InChI=1S/C12H10ClFOS/c1-7-2-3-8(14)6-9(7)11(15)12-10(13)4-5-16-12/h2-6,11,15H,1H3. The van der Waals surface area contributed by atoms with Gasteiger partial charge in [-0.25, -0.2) is 4.39 Å². The second kappa shape index (κ2) is 4.53. The van der Waals surface area contributed by atoms with Crippen LogP contribution in [0.2, 0.25) is 5.02 Å². The van der Waals surface area contributed by atoms with Crippen molar-refractivity contribution in [1.29, 1.82) is 0 Å². The quantitative estimate of drug-likeness (QED) is 0.863. The van der Waals surface area contributed by atoms with Crippen molar-refractivity contribution in [3.05, 3.63) is 56.5 Å². The molecule has 1 atom stereocenters. The molecule has 84 valence electrons. The predicted molar refractivity (Wildman–Crippen MR) is 64.5 cm³/mol. The van der Waals surface area contributed by atoms with Crippen LogP contribution in [-0.4, -0.2) is 5.11 Å². The van der Waals surface area contributed by atoms with Crippen LogP contribution < -0.4 is 0 Å². The van der Waals surface area contributed by atoms with Crippen LogP contribution in [0.15, 0.2) is 29.6 Å². The van der Waals surface area contributed by atoms with E-state index in [-0.39, 0.29) is 5.82 Å². The third-order valence-corrected chi connectivity index (χ3v) is 3.84. The first kappa shape index (κ1) is 11.6. The number of aliphatic hydroxyl groups excluding tert-OH is 1. The van der Waals surface area contributed by atoms with Crippen molar-refractivity contribution in [2.24, 2.45) is 0 Å². The lowest BCUT2D eigenvalue weighted by molar-refractivity contribution is 0.223. The molecule has 1 aromatic heterocycles. The number of aryl methyl sites for hydroxylation is 1. The van der Waals surface area contributed by atoms with E-state index in [1.54, 1.807) is 17.5 Å². The van der Waals surface area contributed by atoms with Gasteiger partial charge in [-0.05, 0) is 41.6 Å². The predicted octanol–water partition coefficient (Wildman–Crippen LogP) is 3.93. The molecule has 0 aliphatic carbocycles. The van der Waals surface area contributed by atoms with Gasteiger partial charge in [0.15, 0.2) is 0 Å². The molecule has 0 saturated heterocycles. The van der Waals surface area contributed by atoms with E-state index in [4.69, 9.17) is 11.6 Å². The normalized spacial score (nSPS) is 12.8. The molecule has 1 aromatic carbocycles. The summed E-state index contributed by atoms with van der Waals surface area (Å²) in [5.41, 5.74) is 1.41. The van der Waals surface area contributed by atoms with Crippen LogP contribution in [0.4, 0.5) is 4.39 Å². The Labute approximate surface area is 102 Å². The fraction of sp³-hybridized carbons (Fsp3) is 0.167. The van der Waals surface area contributed by atoms with Gasteiger partial charge in [-0.3, -0.25) is 0 Å². The monoisotopic (exact) mass is 256 g/mol. The molecule has 0 spiro atoms. The third-order valence-electron chi connectivity index (χ3n) is 2.43. The number of hydrogen-bond donors (Lipinski definition) is 1. The smallest absolute Gasteiger partial charge is 0.123 e. The molecular weight excluding hydrogens is 247 g/mol. The first-order valence-electron chi connectivity index (χ1n) is 4.76. The number of benzene rings is 1. The zero-order chi connectivity index (χ0) is 11.7. The van der Waals surface area contributed by atoms with Crippen molar-refractivity contribution in [3.63, 3.8) is 0 Å². The lowest BCUT2D eigenvalue weighted by Gasteiger charge is -2.12. The van der Waals surface area contributed by atoms with Gasteiger partial charge in [-0.2, -0.15) is 0 Å². The topological polar surface area (TPSA) is 20.2 Å². The minimum absolute atomic E-state index is 0.354. The molecule has 2 rings (SSSR count).